The van der Waals surface area contributed by atoms with Crippen LogP contribution in [0.4, 0.5) is 0 Å². The van der Waals surface area contributed by atoms with Crippen molar-refractivity contribution in [3.8, 4) is 0 Å². The minimum absolute atomic E-state index is 0.768. The van der Waals surface area contributed by atoms with Crippen molar-refractivity contribution in [2.45, 2.75) is 32.1 Å². The molecule has 17 heavy (non-hydrogen) atoms. The van der Waals surface area contributed by atoms with Crippen molar-refractivity contribution in [1.29, 1.82) is 0 Å². The molecule has 1 fully saturated rings. The van der Waals surface area contributed by atoms with E-state index in [-0.39, 0.29) is 0 Å². The Morgan fingerprint density at radius 1 is 0.647 bits per heavy atom. The molecule has 1 heteroatoms. The van der Waals surface area contributed by atoms with Crippen LogP contribution >= 0.6 is 0 Å². The van der Waals surface area contributed by atoms with Gasteiger partial charge in [0.25, 0.3) is 0 Å². The van der Waals surface area contributed by atoms with E-state index in [1.54, 1.807) is 11.6 Å². The van der Waals surface area contributed by atoms with Crippen molar-refractivity contribution < 1.29 is 4.79 Å². The van der Waals surface area contributed by atoms with Crippen LogP contribution in [0.15, 0.2) is 60.3 Å². The van der Waals surface area contributed by atoms with Gasteiger partial charge >= 0.3 is 0 Å². The molecule has 90 valence electrons. The summed E-state index contributed by atoms with van der Waals surface area (Å²) < 4.78 is 0. The van der Waals surface area contributed by atoms with E-state index in [1.807, 2.05) is 30.4 Å². The van der Waals surface area contributed by atoms with Crippen LogP contribution in [0, 0.1) is 0 Å². The summed E-state index contributed by atoms with van der Waals surface area (Å²) in [7, 11) is 0. The van der Waals surface area contributed by atoms with Gasteiger partial charge in [0.05, 0.1) is 0 Å². The molecule has 1 aliphatic carbocycles. The van der Waals surface area contributed by atoms with Crippen LogP contribution in [-0.2, 0) is 4.79 Å². The lowest BCUT2D eigenvalue weighted by Crippen LogP contribution is -1.92. The molecular formula is C16H20O. The average molecular weight is 228 g/mol. The van der Waals surface area contributed by atoms with Crippen molar-refractivity contribution in [3.05, 3.63) is 60.3 Å². The molecule has 0 radical (unpaired) electrons. The third-order valence-corrected chi connectivity index (χ3v) is 2.68. The molecule has 1 aliphatic rings. The predicted octanol–water partition coefficient (Wildman–Crippen LogP) is 4.30. The number of carbonyl (C=O) groups is 1. The normalized spacial score (nSPS) is 17.8. The highest BCUT2D eigenvalue weighted by Gasteiger charge is 2.02. The Bertz CT molecular complexity index is 346. The van der Waals surface area contributed by atoms with Crippen molar-refractivity contribution >= 4 is 6.29 Å². The monoisotopic (exact) mass is 228 g/mol. The van der Waals surface area contributed by atoms with Crippen molar-refractivity contribution in [1.82, 2.24) is 0 Å². The van der Waals surface area contributed by atoms with E-state index in [1.165, 1.54) is 38.2 Å². The smallest absolute Gasteiger partial charge is 0.142 e. The Kier molecular flexibility index (Phi) is 7.58. The lowest BCUT2D eigenvalue weighted by Gasteiger charge is -2.11. The number of rotatable bonds is 5. The maximum Gasteiger partial charge on any atom is 0.142 e. The van der Waals surface area contributed by atoms with E-state index < -0.39 is 0 Å². The summed E-state index contributed by atoms with van der Waals surface area (Å²) in [6, 6.07) is 0. The van der Waals surface area contributed by atoms with Crippen LogP contribution in [0.1, 0.15) is 32.1 Å². The molecular weight excluding hydrogens is 208 g/mol. The lowest BCUT2D eigenvalue weighted by atomic mass is 9.95. The molecule has 0 atom stereocenters. The fourth-order valence-electron chi connectivity index (χ4n) is 1.79. The molecule has 0 N–H and O–H groups in total. The van der Waals surface area contributed by atoms with E-state index >= 15 is 0 Å². The maximum absolute atomic E-state index is 9.97. The fraction of sp³-hybridized carbons (Fsp3) is 0.312. The molecule has 0 amide bonds. The zero-order valence-electron chi connectivity index (χ0n) is 10.2. The van der Waals surface area contributed by atoms with Gasteiger partial charge < -0.3 is 0 Å². The molecule has 1 nitrogen and oxygen atoms in total. The summed E-state index contributed by atoms with van der Waals surface area (Å²) in [5, 5.41) is 0. The van der Waals surface area contributed by atoms with E-state index in [2.05, 4.69) is 12.2 Å². The molecule has 0 unspecified atom stereocenters. The largest absolute Gasteiger partial charge is 0.299 e. The summed E-state index contributed by atoms with van der Waals surface area (Å²) in [5.74, 6) is 0. The number of hydrogen-bond donors (Lipinski definition) is 0. The SMILES string of the molecule is O=C/C=C/C=C/C=C/C=C/C=C1CCCCC1. The topological polar surface area (TPSA) is 17.1 Å². The molecule has 0 spiro atoms. The second kappa shape index (κ2) is 9.59. The van der Waals surface area contributed by atoms with Gasteiger partial charge in [-0.1, -0.05) is 60.6 Å². The first-order chi connectivity index (χ1) is 8.43. The third-order valence-electron chi connectivity index (χ3n) is 2.68. The number of allylic oxidation sites excluding steroid dienone is 10. The third kappa shape index (κ3) is 7.29. The first-order valence-electron chi connectivity index (χ1n) is 6.23. The molecule has 0 aromatic rings. The van der Waals surface area contributed by atoms with Crippen molar-refractivity contribution in [2.24, 2.45) is 0 Å². The van der Waals surface area contributed by atoms with Gasteiger partial charge in [0.15, 0.2) is 0 Å². The highest BCUT2D eigenvalue weighted by Crippen LogP contribution is 2.22. The molecule has 0 bridgehead atoms. The predicted molar refractivity (Wildman–Crippen MR) is 73.8 cm³/mol. The highest BCUT2D eigenvalue weighted by atomic mass is 16.1. The molecule has 0 aromatic carbocycles. The Morgan fingerprint density at radius 2 is 1.18 bits per heavy atom. The fourth-order valence-corrected chi connectivity index (χ4v) is 1.79. The summed E-state index contributed by atoms with van der Waals surface area (Å²) in [6.45, 7) is 0. The molecule has 1 rings (SSSR count). The van der Waals surface area contributed by atoms with E-state index in [0.717, 1.165) is 6.29 Å². The Labute approximate surface area is 104 Å². The van der Waals surface area contributed by atoms with Crippen molar-refractivity contribution in [2.75, 3.05) is 0 Å². The van der Waals surface area contributed by atoms with Gasteiger partial charge in [-0.3, -0.25) is 4.79 Å². The zero-order chi connectivity index (χ0) is 12.2. The first kappa shape index (κ1) is 13.4. The summed E-state index contributed by atoms with van der Waals surface area (Å²) >= 11 is 0. The van der Waals surface area contributed by atoms with Gasteiger partial charge in [0.2, 0.25) is 0 Å². The quantitative estimate of drug-likeness (QED) is 0.389. The Balaban J connectivity index is 2.24. The number of hydrogen-bond acceptors (Lipinski definition) is 1. The van der Waals surface area contributed by atoms with Crippen LogP contribution in [0.5, 0.6) is 0 Å². The van der Waals surface area contributed by atoms with Gasteiger partial charge in [-0.05, 0) is 31.8 Å². The number of aldehydes is 1. The minimum Gasteiger partial charge on any atom is -0.299 e. The zero-order valence-corrected chi connectivity index (χ0v) is 10.2. The minimum atomic E-state index is 0.768. The standard InChI is InChI=1S/C16H20O/c17-15-11-6-4-2-1-3-5-8-12-16-13-9-7-10-14-16/h1-6,8,11-12,15H,7,9-10,13-14H2/b3-1+,4-2+,8-5+,11-6+. The molecule has 0 aromatic heterocycles. The first-order valence-corrected chi connectivity index (χ1v) is 6.23. The number of carbonyl (C=O) groups excluding carboxylic acids is 1. The van der Waals surface area contributed by atoms with Crippen molar-refractivity contribution in [3.63, 3.8) is 0 Å². The summed E-state index contributed by atoms with van der Waals surface area (Å²) in [6.07, 6.45) is 24.6. The van der Waals surface area contributed by atoms with Crippen LogP contribution in [-0.4, -0.2) is 6.29 Å². The van der Waals surface area contributed by atoms with Gasteiger partial charge in [-0.25, -0.2) is 0 Å². The summed E-state index contributed by atoms with van der Waals surface area (Å²) in [5.41, 5.74) is 1.57. The Hall–Kier alpha value is -1.63. The van der Waals surface area contributed by atoms with Gasteiger partial charge in [0.1, 0.15) is 6.29 Å². The van der Waals surface area contributed by atoms with Gasteiger partial charge in [0, 0.05) is 0 Å². The van der Waals surface area contributed by atoms with Gasteiger partial charge in [-0.2, -0.15) is 0 Å². The average Bonchev–Trinajstić information content (AvgIpc) is 2.38. The van der Waals surface area contributed by atoms with Crippen LogP contribution in [0.25, 0.3) is 0 Å². The molecule has 0 aliphatic heterocycles. The second-order valence-corrected chi connectivity index (χ2v) is 4.06. The van der Waals surface area contributed by atoms with Crippen LogP contribution in [0.3, 0.4) is 0 Å². The Morgan fingerprint density at radius 3 is 1.76 bits per heavy atom. The summed E-state index contributed by atoms with van der Waals surface area (Å²) in [4.78, 5) is 9.97. The molecule has 0 saturated heterocycles. The van der Waals surface area contributed by atoms with Crippen LogP contribution in [0.2, 0.25) is 0 Å². The maximum atomic E-state index is 9.97. The van der Waals surface area contributed by atoms with E-state index in [9.17, 15) is 4.79 Å². The highest BCUT2D eigenvalue weighted by molar-refractivity contribution is 5.65. The molecule has 1 saturated carbocycles. The molecule has 0 heterocycles. The lowest BCUT2D eigenvalue weighted by molar-refractivity contribution is -0.104. The van der Waals surface area contributed by atoms with E-state index in [0.29, 0.717) is 0 Å². The van der Waals surface area contributed by atoms with Crippen LogP contribution < -0.4 is 0 Å². The van der Waals surface area contributed by atoms with E-state index in [4.69, 9.17) is 0 Å². The second-order valence-electron chi connectivity index (χ2n) is 4.06. The van der Waals surface area contributed by atoms with Gasteiger partial charge in [-0.15, -0.1) is 0 Å².